The molecule has 0 spiro atoms. The van der Waals surface area contributed by atoms with E-state index in [1.165, 1.54) is 12.1 Å². The Kier molecular flexibility index (Phi) is 4.63. The van der Waals surface area contributed by atoms with Gasteiger partial charge in [-0.2, -0.15) is 0 Å². The van der Waals surface area contributed by atoms with Crippen LogP contribution in [-0.4, -0.2) is 11.9 Å². The van der Waals surface area contributed by atoms with E-state index in [-0.39, 0.29) is 23.8 Å². The number of hydrogen-bond acceptors (Lipinski definition) is 2. The molecule has 0 radical (unpaired) electrons. The normalized spacial score (nSPS) is 18.7. The lowest BCUT2D eigenvalue weighted by Gasteiger charge is -2.40. The molecule has 0 aliphatic carbocycles. The van der Waals surface area contributed by atoms with E-state index in [4.69, 9.17) is 0 Å². The monoisotopic (exact) mass is 360 g/mol. The second kappa shape index (κ2) is 7.23. The van der Waals surface area contributed by atoms with Crippen molar-refractivity contribution in [1.82, 2.24) is 0 Å². The molecule has 2 atom stereocenters. The summed E-state index contributed by atoms with van der Waals surface area (Å²) in [6, 6.07) is 23.8. The van der Waals surface area contributed by atoms with E-state index in [0.717, 1.165) is 23.4 Å². The van der Waals surface area contributed by atoms with E-state index < -0.39 is 0 Å². The minimum atomic E-state index is -0.252. The van der Waals surface area contributed by atoms with Crippen LogP contribution in [0.2, 0.25) is 0 Å². The molecule has 0 bridgehead atoms. The predicted molar refractivity (Wildman–Crippen MR) is 107 cm³/mol. The minimum absolute atomic E-state index is 0.00998. The SMILES string of the molecule is C[C@H]1C[C@H](Nc2ccc(F)cc2)c2ccccc2N1C(=O)c1ccccc1. The molecule has 1 N–H and O–H groups in total. The highest BCUT2D eigenvalue weighted by atomic mass is 19.1. The van der Waals surface area contributed by atoms with E-state index in [2.05, 4.69) is 12.2 Å². The van der Waals surface area contributed by atoms with Gasteiger partial charge in [-0.25, -0.2) is 4.39 Å². The van der Waals surface area contributed by atoms with Crippen LogP contribution in [0.15, 0.2) is 78.9 Å². The molecule has 4 rings (SSSR count). The molecule has 1 aliphatic heterocycles. The lowest BCUT2D eigenvalue weighted by atomic mass is 9.90. The average molecular weight is 360 g/mol. The number of fused-ring (bicyclic) bond motifs is 1. The summed E-state index contributed by atoms with van der Waals surface area (Å²) in [5.74, 6) is -0.242. The number of carbonyl (C=O) groups is 1. The van der Waals surface area contributed by atoms with Gasteiger partial charge in [0, 0.05) is 23.0 Å². The van der Waals surface area contributed by atoms with Gasteiger partial charge in [0.1, 0.15) is 5.82 Å². The van der Waals surface area contributed by atoms with Gasteiger partial charge < -0.3 is 10.2 Å². The molecule has 0 saturated carbocycles. The number of benzene rings is 3. The lowest BCUT2D eigenvalue weighted by molar-refractivity contribution is 0.0974. The fourth-order valence-corrected chi connectivity index (χ4v) is 3.73. The maximum absolute atomic E-state index is 13.2. The summed E-state index contributed by atoms with van der Waals surface area (Å²) in [6.45, 7) is 2.07. The van der Waals surface area contributed by atoms with Crippen molar-refractivity contribution in [3.8, 4) is 0 Å². The Morgan fingerprint density at radius 3 is 2.37 bits per heavy atom. The molecule has 0 unspecified atom stereocenters. The highest BCUT2D eigenvalue weighted by Crippen LogP contribution is 2.39. The van der Waals surface area contributed by atoms with Gasteiger partial charge in [0.15, 0.2) is 0 Å². The number of anilines is 2. The van der Waals surface area contributed by atoms with Gasteiger partial charge >= 0.3 is 0 Å². The summed E-state index contributed by atoms with van der Waals surface area (Å²) < 4.78 is 13.2. The van der Waals surface area contributed by atoms with Crippen molar-refractivity contribution in [3.05, 3.63) is 95.8 Å². The Balaban J connectivity index is 1.68. The van der Waals surface area contributed by atoms with Gasteiger partial charge in [-0.3, -0.25) is 4.79 Å². The van der Waals surface area contributed by atoms with Gasteiger partial charge in [0.05, 0.1) is 6.04 Å². The summed E-state index contributed by atoms with van der Waals surface area (Å²) in [5, 5.41) is 3.49. The zero-order chi connectivity index (χ0) is 18.8. The third-order valence-corrected chi connectivity index (χ3v) is 5.01. The average Bonchev–Trinajstić information content (AvgIpc) is 2.70. The van der Waals surface area contributed by atoms with E-state index in [1.54, 1.807) is 12.1 Å². The van der Waals surface area contributed by atoms with Crippen molar-refractivity contribution in [3.63, 3.8) is 0 Å². The van der Waals surface area contributed by atoms with Crippen LogP contribution in [0.25, 0.3) is 0 Å². The first-order chi connectivity index (χ1) is 13.1. The van der Waals surface area contributed by atoms with Crippen molar-refractivity contribution >= 4 is 17.3 Å². The predicted octanol–water partition coefficient (Wildman–Crippen LogP) is 5.42. The summed E-state index contributed by atoms with van der Waals surface area (Å²) in [4.78, 5) is 15.0. The lowest BCUT2D eigenvalue weighted by Crippen LogP contribution is -2.44. The smallest absolute Gasteiger partial charge is 0.258 e. The first-order valence-electron chi connectivity index (χ1n) is 9.13. The number of nitrogens with zero attached hydrogens (tertiary/aromatic N) is 1. The highest BCUT2D eigenvalue weighted by molar-refractivity contribution is 6.07. The summed E-state index contributed by atoms with van der Waals surface area (Å²) in [5.41, 5.74) is 3.55. The molecular weight excluding hydrogens is 339 g/mol. The van der Waals surface area contributed by atoms with Crippen LogP contribution in [0, 0.1) is 5.82 Å². The summed E-state index contributed by atoms with van der Waals surface area (Å²) in [7, 11) is 0. The minimum Gasteiger partial charge on any atom is -0.378 e. The molecule has 3 aromatic rings. The topological polar surface area (TPSA) is 32.3 Å². The number of hydrogen-bond donors (Lipinski definition) is 1. The summed E-state index contributed by atoms with van der Waals surface area (Å²) in [6.07, 6.45) is 0.771. The number of amides is 1. The summed E-state index contributed by atoms with van der Waals surface area (Å²) >= 11 is 0. The van der Waals surface area contributed by atoms with Crippen LogP contribution >= 0.6 is 0 Å². The third kappa shape index (κ3) is 3.43. The fourth-order valence-electron chi connectivity index (χ4n) is 3.73. The van der Waals surface area contributed by atoms with Crippen LogP contribution in [0.3, 0.4) is 0 Å². The van der Waals surface area contributed by atoms with Crippen LogP contribution in [-0.2, 0) is 0 Å². The maximum Gasteiger partial charge on any atom is 0.258 e. The Morgan fingerprint density at radius 1 is 0.963 bits per heavy atom. The maximum atomic E-state index is 13.2. The first-order valence-corrected chi connectivity index (χ1v) is 9.13. The fraction of sp³-hybridized carbons (Fsp3) is 0.174. The van der Waals surface area contributed by atoms with Crippen molar-refractivity contribution < 1.29 is 9.18 Å². The quantitative estimate of drug-likeness (QED) is 0.676. The molecule has 0 saturated heterocycles. The van der Waals surface area contributed by atoms with Gasteiger partial charge in [0.25, 0.3) is 5.91 Å². The standard InChI is InChI=1S/C23H21FN2O/c1-16-15-21(25-19-13-11-18(24)12-14-19)20-9-5-6-10-22(20)26(16)23(27)17-7-3-2-4-8-17/h2-14,16,21,25H,15H2,1H3/t16-,21-/m0/s1. The molecular formula is C23H21FN2O. The molecule has 1 aliphatic rings. The molecule has 136 valence electrons. The van der Waals surface area contributed by atoms with E-state index in [0.29, 0.717) is 5.56 Å². The number of carbonyl (C=O) groups excluding carboxylic acids is 1. The molecule has 27 heavy (non-hydrogen) atoms. The largest absolute Gasteiger partial charge is 0.378 e. The number of nitrogens with one attached hydrogen (secondary N) is 1. The highest BCUT2D eigenvalue weighted by Gasteiger charge is 2.33. The van der Waals surface area contributed by atoms with E-state index in [1.807, 2.05) is 59.5 Å². The molecule has 1 heterocycles. The molecule has 1 amide bonds. The third-order valence-electron chi connectivity index (χ3n) is 5.01. The van der Waals surface area contributed by atoms with Crippen LogP contribution in [0.4, 0.5) is 15.8 Å². The van der Waals surface area contributed by atoms with Crippen LogP contribution in [0.1, 0.15) is 35.3 Å². The van der Waals surface area contributed by atoms with E-state index >= 15 is 0 Å². The molecule has 4 heteroatoms. The van der Waals surface area contributed by atoms with Crippen molar-refractivity contribution in [2.24, 2.45) is 0 Å². The second-order valence-corrected chi connectivity index (χ2v) is 6.89. The van der Waals surface area contributed by atoms with Gasteiger partial charge in [-0.05, 0) is 61.4 Å². The molecule has 0 fully saturated rings. The Labute approximate surface area is 158 Å². The number of para-hydroxylation sites is 1. The number of rotatable bonds is 3. The second-order valence-electron chi connectivity index (χ2n) is 6.89. The van der Waals surface area contributed by atoms with E-state index in [9.17, 15) is 9.18 Å². The molecule has 0 aromatic heterocycles. The van der Waals surface area contributed by atoms with Crippen molar-refractivity contribution in [2.75, 3.05) is 10.2 Å². The Bertz CT molecular complexity index is 940. The first kappa shape index (κ1) is 17.3. The Morgan fingerprint density at radius 2 is 1.63 bits per heavy atom. The molecule has 3 nitrogen and oxygen atoms in total. The zero-order valence-electron chi connectivity index (χ0n) is 15.1. The van der Waals surface area contributed by atoms with Crippen LogP contribution < -0.4 is 10.2 Å². The van der Waals surface area contributed by atoms with Crippen molar-refractivity contribution in [1.29, 1.82) is 0 Å². The molecule has 3 aromatic carbocycles. The van der Waals surface area contributed by atoms with Crippen molar-refractivity contribution in [2.45, 2.75) is 25.4 Å². The Hall–Kier alpha value is -3.14. The number of halogens is 1. The van der Waals surface area contributed by atoms with Gasteiger partial charge in [-0.1, -0.05) is 36.4 Å². The van der Waals surface area contributed by atoms with Crippen LogP contribution in [0.5, 0.6) is 0 Å². The van der Waals surface area contributed by atoms with Gasteiger partial charge in [0.2, 0.25) is 0 Å². The zero-order valence-corrected chi connectivity index (χ0v) is 15.1. The van der Waals surface area contributed by atoms with Gasteiger partial charge in [-0.15, -0.1) is 0 Å².